The summed E-state index contributed by atoms with van der Waals surface area (Å²) in [5.74, 6) is 0. The van der Waals surface area contributed by atoms with Gasteiger partial charge in [-0.05, 0) is 30.5 Å². The van der Waals surface area contributed by atoms with Gasteiger partial charge in [-0.3, -0.25) is 0 Å². The second-order valence-corrected chi connectivity index (χ2v) is 5.26. The lowest BCUT2D eigenvalue weighted by atomic mass is 10.1. The number of nitrogens with one attached hydrogen (secondary N) is 1. The van der Waals surface area contributed by atoms with Crippen molar-refractivity contribution in [2.45, 2.75) is 38.4 Å². The molecule has 3 nitrogen and oxygen atoms in total. The molecule has 0 bridgehead atoms. The average molecular weight is 300 g/mol. The van der Waals surface area contributed by atoms with Crippen molar-refractivity contribution in [2.24, 2.45) is 0 Å². The molecule has 1 aliphatic heterocycles. The lowest BCUT2D eigenvalue weighted by molar-refractivity contribution is -0.137. The van der Waals surface area contributed by atoms with Crippen LogP contribution in [0.25, 0.3) is 0 Å². The summed E-state index contributed by atoms with van der Waals surface area (Å²) < 4.78 is 37.8. The molecule has 1 aromatic rings. The summed E-state index contributed by atoms with van der Waals surface area (Å²) in [5, 5.41) is 2.69. The summed E-state index contributed by atoms with van der Waals surface area (Å²) in [5.41, 5.74) is -0.239. The Kier molecular flexibility index (Phi) is 5.09. The van der Waals surface area contributed by atoms with Crippen LogP contribution in [0.4, 0.5) is 18.0 Å². The third kappa shape index (κ3) is 4.65. The lowest BCUT2D eigenvalue weighted by Crippen LogP contribution is -2.40. The van der Waals surface area contributed by atoms with E-state index < -0.39 is 11.7 Å². The number of amides is 2. The van der Waals surface area contributed by atoms with Crippen molar-refractivity contribution >= 4 is 6.03 Å². The first-order valence-corrected chi connectivity index (χ1v) is 7.16. The Morgan fingerprint density at radius 1 is 1.14 bits per heavy atom. The van der Waals surface area contributed by atoms with Crippen molar-refractivity contribution in [1.29, 1.82) is 0 Å². The third-order valence-electron chi connectivity index (χ3n) is 3.59. The molecule has 0 radical (unpaired) electrons. The SMILES string of the molecule is O=C(NCc1cccc(C(F)(F)F)c1)N1CCCCCC1. The number of urea groups is 1. The molecule has 21 heavy (non-hydrogen) atoms. The van der Waals surface area contributed by atoms with Gasteiger partial charge in [0.2, 0.25) is 0 Å². The summed E-state index contributed by atoms with van der Waals surface area (Å²) in [6.45, 7) is 1.54. The van der Waals surface area contributed by atoms with E-state index in [4.69, 9.17) is 0 Å². The molecule has 2 amide bonds. The quantitative estimate of drug-likeness (QED) is 0.885. The van der Waals surface area contributed by atoms with Crippen LogP contribution in [-0.4, -0.2) is 24.0 Å². The van der Waals surface area contributed by atoms with Crippen LogP contribution in [0, 0.1) is 0 Å². The van der Waals surface area contributed by atoms with Gasteiger partial charge in [0.25, 0.3) is 0 Å². The molecular weight excluding hydrogens is 281 g/mol. The smallest absolute Gasteiger partial charge is 0.334 e. The molecule has 116 valence electrons. The van der Waals surface area contributed by atoms with E-state index >= 15 is 0 Å². The Morgan fingerprint density at radius 2 is 1.81 bits per heavy atom. The molecule has 6 heteroatoms. The molecule has 1 aliphatic rings. The Labute approximate surface area is 122 Å². The maximum absolute atomic E-state index is 12.6. The second kappa shape index (κ2) is 6.83. The van der Waals surface area contributed by atoms with Crippen LogP contribution in [0.3, 0.4) is 0 Å². The highest BCUT2D eigenvalue weighted by Gasteiger charge is 2.30. The molecule has 0 atom stereocenters. The van der Waals surface area contributed by atoms with E-state index in [1.807, 2.05) is 0 Å². The van der Waals surface area contributed by atoms with E-state index in [2.05, 4.69) is 5.32 Å². The molecule has 0 spiro atoms. The summed E-state index contributed by atoms with van der Waals surface area (Å²) in [4.78, 5) is 13.7. The van der Waals surface area contributed by atoms with Crippen LogP contribution < -0.4 is 5.32 Å². The fourth-order valence-corrected chi connectivity index (χ4v) is 2.42. The van der Waals surface area contributed by atoms with Crippen LogP contribution in [0.1, 0.15) is 36.8 Å². The van der Waals surface area contributed by atoms with Crippen LogP contribution in [0.15, 0.2) is 24.3 Å². The number of rotatable bonds is 2. The topological polar surface area (TPSA) is 32.3 Å². The fraction of sp³-hybridized carbons (Fsp3) is 0.533. The second-order valence-electron chi connectivity index (χ2n) is 5.26. The number of hydrogen-bond donors (Lipinski definition) is 1. The standard InChI is InChI=1S/C15H19F3N2O/c16-15(17,18)13-7-5-6-12(10-13)11-19-14(21)20-8-3-1-2-4-9-20/h5-7,10H,1-4,8-9,11H2,(H,19,21). The van der Waals surface area contributed by atoms with Gasteiger partial charge in [0.15, 0.2) is 0 Å². The number of halogens is 3. The van der Waals surface area contributed by atoms with Gasteiger partial charge in [-0.15, -0.1) is 0 Å². The van der Waals surface area contributed by atoms with E-state index in [9.17, 15) is 18.0 Å². The van der Waals surface area contributed by atoms with Gasteiger partial charge in [0, 0.05) is 19.6 Å². The minimum atomic E-state index is -4.36. The molecule has 0 saturated carbocycles. The number of likely N-dealkylation sites (tertiary alicyclic amines) is 1. The molecule has 1 heterocycles. The zero-order chi connectivity index (χ0) is 15.3. The molecule has 0 unspecified atom stereocenters. The summed E-state index contributed by atoms with van der Waals surface area (Å²) in [7, 11) is 0. The Morgan fingerprint density at radius 3 is 2.43 bits per heavy atom. The van der Waals surface area contributed by atoms with Crippen LogP contribution in [-0.2, 0) is 12.7 Å². The monoisotopic (exact) mass is 300 g/mol. The van der Waals surface area contributed by atoms with Gasteiger partial charge in [0.05, 0.1) is 5.56 Å². The normalized spacial score (nSPS) is 16.4. The summed E-state index contributed by atoms with van der Waals surface area (Å²) in [6, 6.07) is 4.84. The van der Waals surface area contributed by atoms with Gasteiger partial charge >= 0.3 is 12.2 Å². The van der Waals surface area contributed by atoms with Gasteiger partial charge in [-0.1, -0.05) is 25.0 Å². The van der Waals surface area contributed by atoms with Crippen molar-refractivity contribution < 1.29 is 18.0 Å². The summed E-state index contributed by atoms with van der Waals surface area (Å²) >= 11 is 0. The largest absolute Gasteiger partial charge is 0.416 e. The maximum Gasteiger partial charge on any atom is 0.416 e. The molecule has 1 fully saturated rings. The first-order valence-electron chi connectivity index (χ1n) is 7.16. The molecule has 0 aromatic heterocycles. The van der Waals surface area contributed by atoms with Gasteiger partial charge in [-0.2, -0.15) is 13.2 Å². The number of benzene rings is 1. The molecule has 2 rings (SSSR count). The van der Waals surface area contributed by atoms with Crippen LogP contribution >= 0.6 is 0 Å². The Balaban J connectivity index is 1.91. The highest BCUT2D eigenvalue weighted by atomic mass is 19.4. The molecule has 1 N–H and O–H groups in total. The Bertz CT molecular complexity index is 480. The number of carbonyl (C=O) groups is 1. The van der Waals surface area contributed by atoms with Gasteiger partial charge in [-0.25, -0.2) is 4.79 Å². The number of carbonyl (C=O) groups excluding carboxylic acids is 1. The van der Waals surface area contributed by atoms with Gasteiger partial charge in [0.1, 0.15) is 0 Å². The fourth-order valence-electron chi connectivity index (χ4n) is 2.42. The zero-order valence-electron chi connectivity index (χ0n) is 11.7. The molecule has 1 saturated heterocycles. The van der Waals surface area contributed by atoms with E-state index in [1.54, 1.807) is 11.0 Å². The first kappa shape index (κ1) is 15.7. The third-order valence-corrected chi connectivity index (χ3v) is 3.59. The predicted octanol–water partition coefficient (Wildman–Crippen LogP) is 3.79. The molecule has 1 aromatic carbocycles. The first-order chi connectivity index (χ1) is 9.97. The minimum absolute atomic E-state index is 0.110. The van der Waals surface area contributed by atoms with E-state index in [0.29, 0.717) is 18.7 Å². The summed E-state index contributed by atoms with van der Waals surface area (Å²) in [6.07, 6.45) is -0.145. The van der Waals surface area contributed by atoms with Crippen molar-refractivity contribution in [3.63, 3.8) is 0 Å². The maximum atomic E-state index is 12.6. The minimum Gasteiger partial charge on any atom is -0.334 e. The Hall–Kier alpha value is -1.72. The highest BCUT2D eigenvalue weighted by molar-refractivity contribution is 5.74. The number of hydrogen-bond acceptors (Lipinski definition) is 1. The molecular formula is C15H19F3N2O. The average Bonchev–Trinajstić information content (AvgIpc) is 2.73. The van der Waals surface area contributed by atoms with Crippen molar-refractivity contribution in [3.8, 4) is 0 Å². The number of nitrogens with zero attached hydrogens (tertiary/aromatic N) is 1. The lowest BCUT2D eigenvalue weighted by Gasteiger charge is -2.21. The van der Waals surface area contributed by atoms with Crippen LogP contribution in [0.5, 0.6) is 0 Å². The van der Waals surface area contributed by atoms with Crippen LogP contribution in [0.2, 0.25) is 0 Å². The van der Waals surface area contributed by atoms with Crippen molar-refractivity contribution in [3.05, 3.63) is 35.4 Å². The molecule has 0 aliphatic carbocycles. The highest BCUT2D eigenvalue weighted by Crippen LogP contribution is 2.29. The van der Waals surface area contributed by atoms with Crippen molar-refractivity contribution in [2.75, 3.05) is 13.1 Å². The predicted molar refractivity (Wildman–Crippen MR) is 73.7 cm³/mol. The van der Waals surface area contributed by atoms with E-state index in [-0.39, 0.29) is 12.6 Å². The van der Waals surface area contributed by atoms with E-state index in [0.717, 1.165) is 37.8 Å². The van der Waals surface area contributed by atoms with Crippen molar-refractivity contribution in [1.82, 2.24) is 10.2 Å². The van der Waals surface area contributed by atoms with Gasteiger partial charge < -0.3 is 10.2 Å². The number of alkyl halides is 3. The van der Waals surface area contributed by atoms with E-state index in [1.165, 1.54) is 6.07 Å². The zero-order valence-corrected chi connectivity index (χ0v) is 11.7.